The van der Waals surface area contributed by atoms with E-state index in [0.717, 1.165) is 21.2 Å². The second kappa shape index (κ2) is 8.23. The topological polar surface area (TPSA) is 52.1 Å². The van der Waals surface area contributed by atoms with Gasteiger partial charge in [-0.1, -0.05) is 52.3 Å². The van der Waals surface area contributed by atoms with Gasteiger partial charge in [-0.15, -0.1) is 5.10 Å². The third-order valence-corrected chi connectivity index (χ3v) is 4.94. The number of benzene rings is 2. The number of rotatable bonds is 6. The first-order valence-corrected chi connectivity index (χ1v) is 9.09. The minimum atomic E-state index is -0.0466. The molecule has 2 aromatic carbocycles. The molecule has 0 unspecified atom stereocenters. The first kappa shape index (κ1) is 18.3. The molecule has 0 N–H and O–H groups in total. The lowest BCUT2D eigenvalue weighted by Gasteiger charge is -2.20. The number of carbonyl (C=O) groups excluding carboxylic acids is 1. The van der Waals surface area contributed by atoms with Crippen molar-refractivity contribution in [3.8, 4) is 5.88 Å². The van der Waals surface area contributed by atoms with Crippen molar-refractivity contribution >= 4 is 21.7 Å². The van der Waals surface area contributed by atoms with E-state index in [2.05, 4.69) is 57.3 Å². The molecule has 0 aliphatic carbocycles. The summed E-state index contributed by atoms with van der Waals surface area (Å²) >= 11 is 3.47. The van der Waals surface area contributed by atoms with Crippen LogP contribution < -0.4 is 4.74 Å². The van der Waals surface area contributed by atoms with Crippen molar-refractivity contribution in [1.82, 2.24) is 10.2 Å². The van der Waals surface area contributed by atoms with E-state index < -0.39 is 0 Å². The molecule has 0 saturated heterocycles. The fraction of sp³-hybridized carbons (Fsp3) is 0.190. The Morgan fingerprint density at radius 3 is 2.54 bits per heavy atom. The van der Waals surface area contributed by atoms with Crippen LogP contribution in [0.25, 0.3) is 0 Å². The lowest BCUT2D eigenvalue weighted by Crippen LogP contribution is -2.12. The maximum absolute atomic E-state index is 13.0. The summed E-state index contributed by atoms with van der Waals surface area (Å²) in [5.74, 6) is 0.194. The summed E-state index contributed by atoms with van der Waals surface area (Å²) in [5.41, 5.74) is 3.85. The average Bonchev–Trinajstić information content (AvgIpc) is 2.67. The van der Waals surface area contributed by atoms with Crippen LogP contribution in [0.15, 0.2) is 65.3 Å². The minimum Gasteiger partial charge on any atom is -0.479 e. The van der Waals surface area contributed by atoms with E-state index in [-0.39, 0.29) is 17.6 Å². The number of methoxy groups -OCH3 is 1. The van der Waals surface area contributed by atoms with Crippen LogP contribution in [0.4, 0.5) is 0 Å². The number of ether oxygens (including phenoxy) is 1. The van der Waals surface area contributed by atoms with Crippen molar-refractivity contribution in [2.24, 2.45) is 0 Å². The zero-order valence-corrected chi connectivity index (χ0v) is 16.2. The SMILES string of the molecule is COc1nnccc1C(=O)C[C@@H](c1ccc(Br)cc1)c1ccccc1C. The van der Waals surface area contributed by atoms with Gasteiger partial charge in [-0.3, -0.25) is 4.79 Å². The molecule has 1 heterocycles. The van der Waals surface area contributed by atoms with E-state index in [1.165, 1.54) is 13.3 Å². The molecule has 0 radical (unpaired) electrons. The molecular weight excluding hydrogens is 392 g/mol. The molecule has 3 aromatic rings. The first-order chi connectivity index (χ1) is 12.6. The monoisotopic (exact) mass is 410 g/mol. The van der Waals surface area contributed by atoms with Crippen LogP contribution in [0.2, 0.25) is 0 Å². The second-order valence-corrected chi connectivity index (χ2v) is 6.96. The van der Waals surface area contributed by atoms with E-state index in [0.29, 0.717) is 12.0 Å². The Morgan fingerprint density at radius 1 is 1.12 bits per heavy atom. The Balaban J connectivity index is 2.00. The third kappa shape index (κ3) is 3.99. The smallest absolute Gasteiger partial charge is 0.244 e. The quantitative estimate of drug-likeness (QED) is 0.538. The highest BCUT2D eigenvalue weighted by Gasteiger charge is 2.23. The van der Waals surface area contributed by atoms with Gasteiger partial charge in [-0.25, -0.2) is 0 Å². The number of hydrogen-bond acceptors (Lipinski definition) is 4. The fourth-order valence-corrected chi connectivity index (χ4v) is 3.32. The number of ketones is 1. The summed E-state index contributed by atoms with van der Waals surface area (Å²) in [6.45, 7) is 2.07. The van der Waals surface area contributed by atoms with Crippen molar-refractivity contribution in [1.29, 1.82) is 0 Å². The van der Waals surface area contributed by atoms with Crippen molar-refractivity contribution in [3.05, 3.63) is 87.5 Å². The molecule has 132 valence electrons. The molecular formula is C21H19BrN2O2. The van der Waals surface area contributed by atoms with Crippen molar-refractivity contribution in [2.45, 2.75) is 19.3 Å². The zero-order valence-electron chi connectivity index (χ0n) is 14.6. The molecule has 0 saturated carbocycles. The summed E-state index contributed by atoms with van der Waals surface area (Å²) in [7, 11) is 1.49. The molecule has 26 heavy (non-hydrogen) atoms. The Hall–Kier alpha value is -2.53. The van der Waals surface area contributed by atoms with Crippen LogP contribution >= 0.6 is 15.9 Å². The summed E-state index contributed by atoms with van der Waals surface area (Å²) < 4.78 is 6.21. The number of aryl methyl sites for hydroxylation is 1. The maximum atomic E-state index is 13.0. The molecule has 0 spiro atoms. The highest BCUT2D eigenvalue weighted by atomic mass is 79.9. The number of halogens is 1. The third-order valence-electron chi connectivity index (χ3n) is 4.41. The van der Waals surface area contributed by atoms with Gasteiger partial charge in [0.25, 0.3) is 0 Å². The summed E-state index contributed by atoms with van der Waals surface area (Å²) in [6.07, 6.45) is 1.84. The fourth-order valence-electron chi connectivity index (χ4n) is 3.06. The number of hydrogen-bond donors (Lipinski definition) is 0. The van der Waals surface area contributed by atoms with Crippen molar-refractivity contribution < 1.29 is 9.53 Å². The van der Waals surface area contributed by atoms with Gasteiger partial charge in [0.1, 0.15) is 0 Å². The maximum Gasteiger partial charge on any atom is 0.244 e. The predicted molar refractivity (Wildman–Crippen MR) is 105 cm³/mol. The predicted octanol–water partition coefficient (Wildman–Crippen LogP) is 4.96. The number of aromatic nitrogens is 2. The Labute approximate surface area is 161 Å². The highest BCUT2D eigenvalue weighted by molar-refractivity contribution is 9.10. The number of nitrogens with zero attached hydrogens (tertiary/aromatic N) is 2. The Morgan fingerprint density at radius 2 is 1.85 bits per heavy atom. The average molecular weight is 411 g/mol. The lowest BCUT2D eigenvalue weighted by atomic mass is 9.84. The Kier molecular flexibility index (Phi) is 5.78. The van der Waals surface area contributed by atoms with E-state index >= 15 is 0 Å². The second-order valence-electron chi connectivity index (χ2n) is 6.04. The van der Waals surface area contributed by atoms with Crippen LogP contribution in [0.5, 0.6) is 5.88 Å². The summed E-state index contributed by atoms with van der Waals surface area (Å²) in [6, 6.07) is 17.9. The van der Waals surface area contributed by atoms with Gasteiger partial charge in [0.2, 0.25) is 5.88 Å². The van der Waals surface area contributed by atoms with Crippen LogP contribution in [0.3, 0.4) is 0 Å². The minimum absolute atomic E-state index is 0.0204. The largest absolute Gasteiger partial charge is 0.479 e. The molecule has 0 amide bonds. The standard InChI is InChI=1S/C21H19BrN2O2/c1-14-5-3-4-6-17(14)19(15-7-9-16(22)10-8-15)13-20(25)18-11-12-23-24-21(18)26-2/h3-12,19H,13H2,1-2H3/t19-/m0/s1. The Bertz CT molecular complexity index is 910. The number of carbonyl (C=O) groups is 1. The lowest BCUT2D eigenvalue weighted by molar-refractivity contribution is 0.0973. The molecule has 5 heteroatoms. The normalized spacial score (nSPS) is 11.8. The molecule has 0 aliphatic heterocycles. The van der Waals surface area contributed by atoms with Gasteiger partial charge in [0.05, 0.1) is 18.9 Å². The van der Waals surface area contributed by atoms with Gasteiger partial charge in [-0.2, -0.15) is 5.10 Å². The molecule has 0 bridgehead atoms. The molecule has 0 aliphatic rings. The molecule has 3 rings (SSSR count). The van der Waals surface area contributed by atoms with Gasteiger partial charge < -0.3 is 4.74 Å². The van der Waals surface area contributed by atoms with E-state index in [4.69, 9.17) is 4.74 Å². The van der Waals surface area contributed by atoms with Crippen LogP contribution in [0, 0.1) is 6.92 Å². The summed E-state index contributed by atoms with van der Waals surface area (Å²) in [4.78, 5) is 13.0. The molecule has 0 fully saturated rings. The molecule has 1 aromatic heterocycles. The van der Waals surface area contributed by atoms with E-state index in [1.807, 2.05) is 24.3 Å². The zero-order chi connectivity index (χ0) is 18.5. The van der Waals surface area contributed by atoms with Crippen molar-refractivity contribution in [2.75, 3.05) is 7.11 Å². The van der Waals surface area contributed by atoms with Crippen LogP contribution in [-0.2, 0) is 0 Å². The van der Waals surface area contributed by atoms with E-state index in [1.54, 1.807) is 6.07 Å². The first-order valence-electron chi connectivity index (χ1n) is 8.30. The van der Waals surface area contributed by atoms with Gasteiger partial charge in [0, 0.05) is 16.8 Å². The van der Waals surface area contributed by atoms with E-state index in [9.17, 15) is 4.79 Å². The van der Waals surface area contributed by atoms with Crippen LogP contribution in [0.1, 0.15) is 39.4 Å². The van der Waals surface area contributed by atoms with Crippen molar-refractivity contribution in [3.63, 3.8) is 0 Å². The number of Topliss-reactive ketones (excluding diaryl/α,β-unsaturated/α-hetero) is 1. The van der Waals surface area contributed by atoms with Gasteiger partial charge >= 0.3 is 0 Å². The summed E-state index contributed by atoms with van der Waals surface area (Å²) in [5, 5.41) is 7.69. The van der Waals surface area contributed by atoms with Crippen LogP contribution in [-0.4, -0.2) is 23.1 Å². The highest BCUT2D eigenvalue weighted by Crippen LogP contribution is 2.33. The molecule has 4 nitrogen and oxygen atoms in total. The van der Waals surface area contributed by atoms with Gasteiger partial charge in [-0.05, 0) is 41.8 Å². The van der Waals surface area contributed by atoms with Gasteiger partial charge in [0.15, 0.2) is 5.78 Å². The molecule has 1 atom stereocenters.